The average molecular weight is 272 g/mol. The third kappa shape index (κ3) is 4.57. The molecule has 0 saturated carbocycles. The number of hydrogen-bond acceptors (Lipinski definition) is 5. The number of rotatable bonds is 8. The van der Waals surface area contributed by atoms with Crippen molar-refractivity contribution < 1.29 is 19.0 Å². The first-order valence-electron chi connectivity index (χ1n) is 6.20. The highest BCUT2D eigenvalue weighted by atomic mass is 19.1. The number of methoxy groups -OCH3 is 1. The lowest BCUT2D eigenvalue weighted by Gasteiger charge is -2.19. The molecule has 1 unspecified atom stereocenters. The van der Waals surface area contributed by atoms with E-state index in [1.165, 1.54) is 19.2 Å². The highest BCUT2D eigenvalue weighted by Gasteiger charge is 2.13. The fourth-order valence-corrected chi connectivity index (χ4v) is 1.58. The van der Waals surface area contributed by atoms with Crippen LogP contribution in [0.4, 0.5) is 15.8 Å². The summed E-state index contributed by atoms with van der Waals surface area (Å²) < 4.78 is 23.9. The second-order valence-corrected chi connectivity index (χ2v) is 4.20. The van der Waals surface area contributed by atoms with Gasteiger partial charge in [-0.1, -0.05) is 6.92 Å². The maximum atomic E-state index is 13.6. The zero-order valence-electron chi connectivity index (χ0n) is 11.3. The summed E-state index contributed by atoms with van der Waals surface area (Å²) in [4.78, 5) is 0. The molecule has 0 bridgehead atoms. The topological polar surface area (TPSA) is 76.7 Å². The van der Waals surface area contributed by atoms with Crippen LogP contribution in [0.15, 0.2) is 12.1 Å². The smallest absolute Gasteiger partial charge is 0.167 e. The number of halogens is 1. The Bertz CT molecular complexity index is 402. The van der Waals surface area contributed by atoms with Gasteiger partial charge in [-0.3, -0.25) is 0 Å². The number of ether oxygens (including phenoxy) is 2. The second-order valence-electron chi connectivity index (χ2n) is 4.20. The highest BCUT2D eigenvalue weighted by molar-refractivity contribution is 5.69. The van der Waals surface area contributed by atoms with Gasteiger partial charge in [-0.05, 0) is 6.42 Å². The maximum Gasteiger partial charge on any atom is 0.167 e. The number of anilines is 2. The van der Waals surface area contributed by atoms with Gasteiger partial charge in [0.05, 0.1) is 37.2 Å². The molecule has 1 rings (SSSR count). The molecule has 1 aromatic rings. The first-order chi connectivity index (χ1) is 9.12. The summed E-state index contributed by atoms with van der Waals surface area (Å²) in [5, 5.41) is 12.2. The fraction of sp³-hybridized carbons (Fsp3) is 0.538. The minimum Gasteiger partial charge on any atom is -0.490 e. The summed E-state index contributed by atoms with van der Waals surface area (Å²) in [5.41, 5.74) is 6.51. The number of benzene rings is 1. The Balaban J connectivity index is 2.86. The van der Waals surface area contributed by atoms with Gasteiger partial charge in [0.25, 0.3) is 0 Å². The molecule has 0 saturated heterocycles. The Morgan fingerprint density at radius 3 is 2.79 bits per heavy atom. The van der Waals surface area contributed by atoms with Crippen molar-refractivity contribution in [2.75, 3.05) is 38.0 Å². The second kappa shape index (κ2) is 7.81. The molecular weight excluding hydrogens is 251 g/mol. The predicted molar refractivity (Wildman–Crippen MR) is 73.0 cm³/mol. The molecule has 0 aliphatic carbocycles. The quantitative estimate of drug-likeness (QED) is 0.627. The van der Waals surface area contributed by atoms with E-state index in [-0.39, 0.29) is 24.1 Å². The molecule has 0 heterocycles. The maximum absolute atomic E-state index is 13.6. The van der Waals surface area contributed by atoms with Crippen LogP contribution in [0.25, 0.3) is 0 Å². The molecule has 0 amide bonds. The summed E-state index contributed by atoms with van der Waals surface area (Å²) >= 11 is 0. The molecule has 4 N–H and O–H groups in total. The van der Waals surface area contributed by atoms with Gasteiger partial charge < -0.3 is 25.6 Å². The molecule has 0 fully saturated rings. The monoisotopic (exact) mass is 272 g/mol. The van der Waals surface area contributed by atoms with Crippen molar-refractivity contribution in [3.05, 3.63) is 17.9 Å². The molecule has 0 spiro atoms. The van der Waals surface area contributed by atoms with Crippen LogP contribution >= 0.6 is 0 Å². The van der Waals surface area contributed by atoms with Crippen LogP contribution in [-0.2, 0) is 4.74 Å². The van der Waals surface area contributed by atoms with Gasteiger partial charge in [0.2, 0.25) is 0 Å². The first-order valence-corrected chi connectivity index (χ1v) is 6.20. The van der Waals surface area contributed by atoms with Gasteiger partial charge in [-0.25, -0.2) is 4.39 Å². The van der Waals surface area contributed by atoms with Crippen LogP contribution in [0.3, 0.4) is 0 Å². The van der Waals surface area contributed by atoms with E-state index in [0.717, 1.165) is 6.42 Å². The van der Waals surface area contributed by atoms with Crippen molar-refractivity contribution in [3.8, 4) is 5.75 Å². The number of nitrogens with one attached hydrogen (secondary N) is 1. The van der Waals surface area contributed by atoms with E-state index in [1.54, 1.807) is 0 Å². The number of aliphatic hydroxyl groups excluding tert-OH is 1. The number of hydrogen-bond donors (Lipinski definition) is 3. The predicted octanol–water partition coefficient (Wildman–Crippen LogP) is 1.62. The van der Waals surface area contributed by atoms with Crippen LogP contribution in [-0.4, -0.2) is 38.1 Å². The number of nitrogens with two attached hydrogens (primary N) is 1. The van der Waals surface area contributed by atoms with Gasteiger partial charge in [0.15, 0.2) is 11.6 Å². The lowest BCUT2D eigenvalue weighted by atomic mass is 10.2. The molecule has 0 aliphatic rings. The average Bonchev–Trinajstić information content (AvgIpc) is 2.39. The first kappa shape index (κ1) is 15.5. The summed E-state index contributed by atoms with van der Waals surface area (Å²) in [7, 11) is 1.54. The van der Waals surface area contributed by atoms with Crippen LogP contribution in [0.2, 0.25) is 0 Å². The minimum atomic E-state index is -0.496. The molecule has 1 atom stereocenters. The Hall–Kier alpha value is -1.53. The lowest BCUT2D eigenvalue weighted by molar-refractivity contribution is 0.153. The standard InChI is InChI=1S/C13H21FN2O3/c1-3-4-19-13-6-12(11(15)5-10(13)14)16-9(7-17)8-18-2/h5-6,9,16-17H,3-4,7-8,15H2,1-2H3. The van der Waals surface area contributed by atoms with Crippen molar-refractivity contribution in [1.29, 1.82) is 0 Å². The van der Waals surface area contributed by atoms with Gasteiger partial charge >= 0.3 is 0 Å². The van der Waals surface area contributed by atoms with Crippen molar-refractivity contribution >= 4 is 11.4 Å². The Morgan fingerprint density at radius 2 is 2.21 bits per heavy atom. The largest absolute Gasteiger partial charge is 0.490 e. The Kier molecular flexibility index (Phi) is 6.38. The lowest BCUT2D eigenvalue weighted by Crippen LogP contribution is -2.29. The summed E-state index contributed by atoms with van der Waals surface area (Å²) in [5.74, 6) is -0.351. The minimum absolute atomic E-state index is 0.115. The van der Waals surface area contributed by atoms with E-state index in [4.69, 9.17) is 15.2 Å². The van der Waals surface area contributed by atoms with E-state index in [9.17, 15) is 9.50 Å². The molecule has 0 aliphatic heterocycles. The van der Waals surface area contributed by atoms with Crippen LogP contribution in [0, 0.1) is 5.82 Å². The molecule has 0 aromatic heterocycles. The summed E-state index contributed by atoms with van der Waals surface area (Å²) in [6.45, 7) is 2.57. The van der Waals surface area contributed by atoms with Crippen LogP contribution in [0.5, 0.6) is 5.75 Å². The van der Waals surface area contributed by atoms with Crippen LogP contribution < -0.4 is 15.8 Å². The third-order valence-electron chi connectivity index (χ3n) is 2.51. The Labute approximate surface area is 112 Å². The van der Waals surface area contributed by atoms with Crippen molar-refractivity contribution in [1.82, 2.24) is 0 Å². The Morgan fingerprint density at radius 1 is 1.47 bits per heavy atom. The third-order valence-corrected chi connectivity index (χ3v) is 2.51. The van der Waals surface area contributed by atoms with Gasteiger partial charge in [0.1, 0.15) is 0 Å². The van der Waals surface area contributed by atoms with Crippen molar-refractivity contribution in [2.24, 2.45) is 0 Å². The van der Waals surface area contributed by atoms with E-state index in [1.807, 2.05) is 6.92 Å². The van der Waals surface area contributed by atoms with E-state index in [2.05, 4.69) is 5.32 Å². The van der Waals surface area contributed by atoms with Crippen LogP contribution in [0.1, 0.15) is 13.3 Å². The SMILES string of the molecule is CCCOc1cc(NC(CO)COC)c(N)cc1F. The van der Waals surface area contributed by atoms with Gasteiger partial charge in [-0.15, -0.1) is 0 Å². The molecule has 6 heteroatoms. The molecular formula is C13H21FN2O3. The molecule has 0 radical (unpaired) electrons. The highest BCUT2D eigenvalue weighted by Crippen LogP contribution is 2.28. The molecule has 1 aromatic carbocycles. The molecule has 5 nitrogen and oxygen atoms in total. The van der Waals surface area contributed by atoms with Crippen molar-refractivity contribution in [2.45, 2.75) is 19.4 Å². The molecule has 108 valence electrons. The zero-order valence-corrected chi connectivity index (χ0v) is 11.3. The normalized spacial score (nSPS) is 12.2. The van der Waals surface area contributed by atoms with Gasteiger partial charge in [0, 0.05) is 19.2 Å². The van der Waals surface area contributed by atoms with E-state index >= 15 is 0 Å². The van der Waals surface area contributed by atoms with E-state index in [0.29, 0.717) is 18.9 Å². The summed E-state index contributed by atoms with van der Waals surface area (Å²) in [6, 6.07) is 2.39. The zero-order chi connectivity index (χ0) is 14.3. The summed E-state index contributed by atoms with van der Waals surface area (Å²) in [6.07, 6.45) is 0.787. The number of aliphatic hydroxyl groups is 1. The number of nitrogen functional groups attached to an aromatic ring is 1. The van der Waals surface area contributed by atoms with E-state index < -0.39 is 5.82 Å². The van der Waals surface area contributed by atoms with Crippen molar-refractivity contribution in [3.63, 3.8) is 0 Å². The fourth-order valence-electron chi connectivity index (χ4n) is 1.58. The molecule has 19 heavy (non-hydrogen) atoms. The van der Waals surface area contributed by atoms with Gasteiger partial charge in [-0.2, -0.15) is 0 Å².